The largest absolute Gasteiger partial charge is 0.495 e. The Morgan fingerprint density at radius 1 is 1.41 bits per heavy atom. The first kappa shape index (κ1) is 12.1. The lowest BCUT2D eigenvalue weighted by Crippen LogP contribution is -2.11. The third kappa shape index (κ3) is 3.05. The van der Waals surface area contributed by atoms with Crippen molar-refractivity contribution in [2.45, 2.75) is 26.2 Å². The minimum atomic E-state index is 0.688. The van der Waals surface area contributed by atoms with Gasteiger partial charge in [-0.1, -0.05) is 13.3 Å². The van der Waals surface area contributed by atoms with Crippen molar-refractivity contribution >= 4 is 11.4 Å². The molecule has 1 aromatic rings. The van der Waals surface area contributed by atoms with Crippen LogP contribution in [0.2, 0.25) is 0 Å². The second-order valence-electron chi connectivity index (χ2n) is 5.12. The van der Waals surface area contributed by atoms with E-state index in [4.69, 9.17) is 10.5 Å². The molecule has 1 aliphatic carbocycles. The molecule has 0 aliphatic heterocycles. The number of methoxy groups -OCH3 is 1. The van der Waals surface area contributed by atoms with Crippen LogP contribution in [-0.4, -0.2) is 13.7 Å². The topological polar surface area (TPSA) is 47.3 Å². The highest BCUT2D eigenvalue weighted by Gasteiger charge is 2.20. The first-order chi connectivity index (χ1) is 8.19. The van der Waals surface area contributed by atoms with Crippen LogP contribution in [0.3, 0.4) is 0 Å². The Hall–Kier alpha value is -1.38. The summed E-state index contributed by atoms with van der Waals surface area (Å²) in [5, 5.41) is 3.47. The van der Waals surface area contributed by atoms with Gasteiger partial charge in [-0.25, -0.2) is 0 Å². The highest BCUT2D eigenvalue weighted by Crippen LogP contribution is 2.31. The van der Waals surface area contributed by atoms with E-state index in [1.165, 1.54) is 19.3 Å². The molecular formula is C14H22N2O. The molecule has 1 aliphatic rings. The van der Waals surface area contributed by atoms with Crippen molar-refractivity contribution in [1.29, 1.82) is 0 Å². The standard InChI is InChI=1S/C14H22N2O/c1-10-3-4-11(7-10)9-16-12-5-6-13(15)14(8-12)17-2/h5-6,8,10-11,16H,3-4,7,9,15H2,1-2H3. The van der Waals surface area contributed by atoms with Gasteiger partial charge in [0.1, 0.15) is 5.75 Å². The van der Waals surface area contributed by atoms with Crippen LogP contribution in [0.15, 0.2) is 18.2 Å². The van der Waals surface area contributed by atoms with E-state index < -0.39 is 0 Å². The number of nitrogen functional groups attached to an aromatic ring is 1. The van der Waals surface area contributed by atoms with Crippen LogP contribution in [-0.2, 0) is 0 Å². The lowest BCUT2D eigenvalue weighted by Gasteiger charge is -2.13. The summed E-state index contributed by atoms with van der Waals surface area (Å²) in [6.45, 7) is 3.39. The fraction of sp³-hybridized carbons (Fsp3) is 0.571. The van der Waals surface area contributed by atoms with Crippen molar-refractivity contribution in [3.8, 4) is 5.75 Å². The average molecular weight is 234 g/mol. The average Bonchev–Trinajstić information content (AvgIpc) is 2.74. The number of nitrogens with one attached hydrogen (secondary N) is 1. The first-order valence-corrected chi connectivity index (χ1v) is 6.36. The van der Waals surface area contributed by atoms with Gasteiger partial charge >= 0.3 is 0 Å². The molecule has 1 fully saturated rings. The fourth-order valence-electron chi connectivity index (χ4n) is 2.59. The van der Waals surface area contributed by atoms with Crippen molar-refractivity contribution in [3.63, 3.8) is 0 Å². The molecule has 1 saturated carbocycles. The fourth-order valence-corrected chi connectivity index (χ4v) is 2.59. The van der Waals surface area contributed by atoms with Crippen molar-refractivity contribution in [2.75, 3.05) is 24.7 Å². The van der Waals surface area contributed by atoms with E-state index in [0.717, 1.165) is 29.8 Å². The number of ether oxygens (including phenoxy) is 1. The molecule has 0 bridgehead atoms. The predicted molar refractivity (Wildman–Crippen MR) is 72.4 cm³/mol. The summed E-state index contributed by atoms with van der Waals surface area (Å²) < 4.78 is 5.21. The second kappa shape index (κ2) is 5.30. The smallest absolute Gasteiger partial charge is 0.143 e. The van der Waals surface area contributed by atoms with Gasteiger partial charge in [-0.15, -0.1) is 0 Å². The Morgan fingerprint density at radius 3 is 2.88 bits per heavy atom. The Morgan fingerprint density at radius 2 is 2.24 bits per heavy atom. The zero-order chi connectivity index (χ0) is 12.3. The SMILES string of the molecule is COc1cc(NCC2CCC(C)C2)ccc1N. The molecule has 3 heteroatoms. The molecule has 2 unspecified atom stereocenters. The van der Waals surface area contributed by atoms with Crippen LogP contribution in [0.5, 0.6) is 5.75 Å². The van der Waals surface area contributed by atoms with Gasteiger partial charge in [0.2, 0.25) is 0 Å². The highest BCUT2D eigenvalue weighted by atomic mass is 16.5. The summed E-state index contributed by atoms with van der Waals surface area (Å²) in [5.74, 6) is 2.45. The molecule has 0 amide bonds. The van der Waals surface area contributed by atoms with Gasteiger partial charge in [0, 0.05) is 18.3 Å². The van der Waals surface area contributed by atoms with Gasteiger partial charge < -0.3 is 15.8 Å². The zero-order valence-electron chi connectivity index (χ0n) is 10.7. The van der Waals surface area contributed by atoms with Crippen molar-refractivity contribution < 1.29 is 4.74 Å². The molecule has 2 rings (SSSR count). The van der Waals surface area contributed by atoms with Crippen LogP contribution >= 0.6 is 0 Å². The molecule has 0 radical (unpaired) electrons. The lowest BCUT2D eigenvalue weighted by molar-refractivity contribution is 0.417. The summed E-state index contributed by atoms with van der Waals surface area (Å²) in [5.41, 5.74) is 7.56. The Labute approximate surface area is 103 Å². The minimum absolute atomic E-state index is 0.688. The summed E-state index contributed by atoms with van der Waals surface area (Å²) >= 11 is 0. The van der Waals surface area contributed by atoms with Gasteiger partial charge in [-0.05, 0) is 36.8 Å². The normalized spacial score (nSPS) is 23.6. The molecule has 94 valence electrons. The number of rotatable bonds is 4. The molecule has 2 atom stereocenters. The third-order valence-electron chi connectivity index (χ3n) is 3.63. The van der Waals surface area contributed by atoms with E-state index in [-0.39, 0.29) is 0 Å². The van der Waals surface area contributed by atoms with E-state index in [1.54, 1.807) is 7.11 Å². The summed E-state index contributed by atoms with van der Waals surface area (Å²) in [7, 11) is 1.65. The summed E-state index contributed by atoms with van der Waals surface area (Å²) in [6.07, 6.45) is 4.07. The molecule has 0 aromatic heterocycles. The molecule has 17 heavy (non-hydrogen) atoms. The number of anilines is 2. The predicted octanol–water partition coefficient (Wildman–Crippen LogP) is 3.13. The third-order valence-corrected chi connectivity index (χ3v) is 3.63. The Balaban J connectivity index is 1.90. The van der Waals surface area contributed by atoms with Crippen molar-refractivity contribution in [2.24, 2.45) is 11.8 Å². The number of hydrogen-bond acceptors (Lipinski definition) is 3. The van der Waals surface area contributed by atoms with E-state index in [9.17, 15) is 0 Å². The second-order valence-corrected chi connectivity index (χ2v) is 5.12. The highest BCUT2D eigenvalue weighted by molar-refractivity contribution is 5.61. The van der Waals surface area contributed by atoms with Crippen LogP contribution in [0.4, 0.5) is 11.4 Å². The zero-order valence-corrected chi connectivity index (χ0v) is 10.7. The molecule has 3 nitrogen and oxygen atoms in total. The number of hydrogen-bond donors (Lipinski definition) is 2. The molecule has 1 aromatic carbocycles. The molecule has 0 heterocycles. The van der Waals surface area contributed by atoms with Crippen LogP contribution < -0.4 is 15.8 Å². The maximum absolute atomic E-state index is 5.78. The van der Waals surface area contributed by atoms with E-state index in [0.29, 0.717) is 5.69 Å². The monoisotopic (exact) mass is 234 g/mol. The van der Waals surface area contributed by atoms with Crippen molar-refractivity contribution in [3.05, 3.63) is 18.2 Å². The number of nitrogens with two attached hydrogens (primary N) is 1. The van der Waals surface area contributed by atoms with E-state index in [2.05, 4.69) is 12.2 Å². The molecule has 0 spiro atoms. The Kier molecular flexibility index (Phi) is 3.77. The first-order valence-electron chi connectivity index (χ1n) is 6.36. The summed E-state index contributed by atoms with van der Waals surface area (Å²) in [6, 6.07) is 5.86. The van der Waals surface area contributed by atoms with Gasteiger partial charge in [0.25, 0.3) is 0 Å². The minimum Gasteiger partial charge on any atom is -0.495 e. The summed E-state index contributed by atoms with van der Waals surface area (Å²) in [4.78, 5) is 0. The quantitative estimate of drug-likeness (QED) is 0.787. The van der Waals surface area contributed by atoms with Gasteiger partial charge in [-0.3, -0.25) is 0 Å². The van der Waals surface area contributed by atoms with Crippen molar-refractivity contribution in [1.82, 2.24) is 0 Å². The molecule has 0 saturated heterocycles. The van der Waals surface area contributed by atoms with E-state index >= 15 is 0 Å². The van der Waals surface area contributed by atoms with Crippen LogP contribution in [0.1, 0.15) is 26.2 Å². The van der Waals surface area contributed by atoms with Crippen LogP contribution in [0, 0.1) is 11.8 Å². The van der Waals surface area contributed by atoms with Gasteiger partial charge in [0.05, 0.1) is 12.8 Å². The van der Waals surface area contributed by atoms with Gasteiger partial charge in [-0.2, -0.15) is 0 Å². The van der Waals surface area contributed by atoms with Crippen LogP contribution in [0.25, 0.3) is 0 Å². The molecule has 3 N–H and O–H groups in total. The van der Waals surface area contributed by atoms with E-state index in [1.807, 2.05) is 18.2 Å². The Bertz CT molecular complexity index is 378. The maximum Gasteiger partial charge on any atom is 0.143 e. The number of benzene rings is 1. The molecular weight excluding hydrogens is 212 g/mol. The van der Waals surface area contributed by atoms with Gasteiger partial charge in [0.15, 0.2) is 0 Å². The maximum atomic E-state index is 5.78. The lowest BCUT2D eigenvalue weighted by atomic mass is 10.1.